The van der Waals surface area contributed by atoms with Crippen LogP contribution >= 0.6 is 12.2 Å². The van der Waals surface area contributed by atoms with Crippen LogP contribution in [0, 0.1) is 0 Å². The minimum Gasteiger partial charge on any atom is -0.497 e. The first-order valence-electron chi connectivity index (χ1n) is 7.48. The zero-order chi connectivity index (χ0) is 18.9. The molecule has 0 aliphatic rings. The van der Waals surface area contributed by atoms with Crippen molar-refractivity contribution in [2.24, 2.45) is 0 Å². The Balaban J connectivity index is 1.77. The van der Waals surface area contributed by atoms with Crippen LogP contribution in [-0.2, 0) is 0 Å². The van der Waals surface area contributed by atoms with E-state index >= 15 is 0 Å². The summed E-state index contributed by atoms with van der Waals surface area (Å²) in [4.78, 5) is 23.9. The molecule has 2 amide bonds. The molecule has 9 heteroatoms. The van der Waals surface area contributed by atoms with Gasteiger partial charge in [0, 0.05) is 11.1 Å². The molecule has 0 unspecified atom stereocenters. The van der Waals surface area contributed by atoms with E-state index in [-0.39, 0.29) is 5.11 Å². The van der Waals surface area contributed by atoms with E-state index in [1.165, 1.54) is 0 Å². The maximum Gasteiger partial charge on any atom is 0.269 e. The topological polar surface area (TPSA) is 101 Å². The standard InChI is InChI=1S/C17H18N4O4S/c1-24-13-7-3-11(4-8-13)15(22)18-20-17(26)21-19-16(23)12-5-9-14(25-2)10-6-12/h3-10H,1-2H3,(H,18,22)(H,19,23)(H2,20,21,26). The third kappa shape index (κ3) is 5.35. The van der Waals surface area contributed by atoms with Gasteiger partial charge in [-0.2, -0.15) is 0 Å². The summed E-state index contributed by atoms with van der Waals surface area (Å²) in [6, 6.07) is 13.1. The lowest BCUT2D eigenvalue weighted by atomic mass is 10.2. The summed E-state index contributed by atoms with van der Waals surface area (Å²) in [6.45, 7) is 0. The Labute approximate surface area is 155 Å². The van der Waals surface area contributed by atoms with Crippen LogP contribution in [0.5, 0.6) is 11.5 Å². The Hall–Kier alpha value is -3.33. The molecule has 0 saturated carbocycles. The normalized spacial score (nSPS) is 9.62. The van der Waals surface area contributed by atoms with Crippen LogP contribution in [-0.4, -0.2) is 31.1 Å². The highest BCUT2D eigenvalue weighted by Crippen LogP contribution is 2.11. The van der Waals surface area contributed by atoms with Crippen molar-refractivity contribution in [2.75, 3.05) is 14.2 Å². The molecule has 2 aromatic carbocycles. The second-order valence-electron chi connectivity index (χ2n) is 4.94. The van der Waals surface area contributed by atoms with Gasteiger partial charge in [-0.3, -0.25) is 31.3 Å². The summed E-state index contributed by atoms with van der Waals surface area (Å²) >= 11 is 4.98. The summed E-state index contributed by atoms with van der Waals surface area (Å²) in [5.41, 5.74) is 10.6. The first-order chi connectivity index (χ1) is 12.5. The molecule has 2 aromatic rings. The predicted octanol–water partition coefficient (Wildman–Crippen LogP) is 1.16. The minimum atomic E-state index is -0.390. The van der Waals surface area contributed by atoms with Crippen molar-refractivity contribution in [3.8, 4) is 11.5 Å². The average Bonchev–Trinajstić information content (AvgIpc) is 2.70. The number of methoxy groups -OCH3 is 2. The number of benzene rings is 2. The van der Waals surface area contributed by atoms with Gasteiger partial charge in [0.2, 0.25) is 5.11 Å². The molecule has 0 atom stereocenters. The van der Waals surface area contributed by atoms with Crippen LogP contribution in [0.25, 0.3) is 0 Å². The molecule has 8 nitrogen and oxygen atoms in total. The number of hydrogen-bond acceptors (Lipinski definition) is 5. The van der Waals surface area contributed by atoms with Crippen LogP contribution in [0.2, 0.25) is 0 Å². The molecule has 0 heterocycles. The number of hydrogen-bond donors (Lipinski definition) is 4. The third-order valence-corrected chi connectivity index (χ3v) is 3.49. The van der Waals surface area contributed by atoms with Gasteiger partial charge >= 0.3 is 0 Å². The zero-order valence-electron chi connectivity index (χ0n) is 14.2. The van der Waals surface area contributed by atoms with E-state index in [4.69, 9.17) is 21.7 Å². The van der Waals surface area contributed by atoms with Gasteiger partial charge in [-0.1, -0.05) is 0 Å². The van der Waals surface area contributed by atoms with Gasteiger partial charge < -0.3 is 9.47 Å². The number of hydrazine groups is 2. The van der Waals surface area contributed by atoms with E-state index in [1.54, 1.807) is 62.8 Å². The lowest BCUT2D eigenvalue weighted by Crippen LogP contribution is -2.52. The van der Waals surface area contributed by atoms with Gasteiger partial charge in [0.15, 0.2) is 0 Å². The largest absolute Gasteiger partial charge is 0.497 e. The second kappa shape index (κ2) is 9.23. The van der Waals surface area contributed by atoms with Crippen LogP contribution in [0.3, 0.4) is 0 Å². The molecule has 0 spiro atoms. The smallest absolute Gasteiger partial charge is 0.269 e. The molecule has 0 radical (unpaired) electrons. The van der Waals surface area contributed by atoms with E-state index < -0.39 is 11.8 Å². The average molecular weight is 374 g/mol. The lowest BCUT2D eigenvalue weighted by Gasteiger charge is -2.12. The molecule has 136 valence electrons. The van der Waals surface area contributed by atoms with Crippen LogP contribution < -0.4 is 31.2 Å². The number of amides is 2. The van der Waals surface area contributed by atoms with Crippen molar-refractivity contribution in [1.29, 1.82) is 0 Å². The van der Waals surface area contributed by atoms with Gasteiger partial charge in [-0.05, 0) is 60.7 Å². The summed E-state index contributed by atoms with van der Waals surface area (Å²) in [5, 5.41) is 0.0220. The van der Waals surface area contributed by atoms with Crippen molar-refractivity contribution in [3.05, 3.63) is 59.7 Å². The molecule has 0 aliphatic carbocycles. The SMILES string of the molecule is COc1ccc(C(=O)NNC(=S)NNC(=O)c2ccc(OC)cc2)cc1. The summed E-state index contributed by atoms with van der Waals surface area (Å²) in [5.74, 6) is 0.512. The van der Waals surface area contributed by atoms with Gasteiger partial charge in [0.05, 0.1) is 14.2 Å². The van der Waals surface area contributed by atoms with E-state index in [1.807, 2.05) is 0 Å². The Morgan fingerprint density at radius 3 is 1.35 bits per heavy atom. The number of carbonyl (C=O) groups is 2. The van der Waals surface area contributed by atoms with Gasteiger partial charge in [0.1, 0.15) is 11.5 Å². The van der Waals surface area contributed by atoms with Crippen molar-refractivity contribution < 1.29 is 19.1 Å². The Morgan fingerprint density at radius 2 is 1.04 bits per heavy atom. The van der Waals surface area contributed by atoms with Crippen LogP contribution in [0.4, 0.5) is 0 Å². The highest BCUT2D eigenvalue weighted by atomic mass is 32.1. The van der Waals surface area contributed by atoms with Crippen molar-refractivity contribution in [2.45, 2.75) is 0 Å². The molecule has 2 rings (SSSR count). The fourth-order valence-electron chi connectivity index (χ4n) is 1.89. The van der Waals surface area contributed by atoms with Crippen molar-refractivity contribution in [1.82, 2.24) is 21.7 Å². The number of ether oxygens (including phenoxy) is 2. The molecule has 0 bridgehead atoms. The van der Waals surface area contributed by atoms with Gasteiger partial charge in [0.25, 0.3) is 11.8 Å². The first-order valence-corrected chi connectivity index (χ1v) is 7.89. The second-order valence-corrected chi connectivity index (χ2v) is 5.35. The van der Waals surface area contributed by atoms with Crippen molar-refractivity contribution in [3.63, 3.8) is 0 Å². The minimum absolute atomic E-state index is 0.0220. The highest BCUT2D eigenvalue weighted by Gasteiger charge is 2.08. The van der Waals surface area contributed by atoms with Crippen molar-refractivity contribution >= 4 is 29.1 Å². The molecule has 0 fully saturated rings. The summed E-state index contributed by atoms with van der Waals surface area (Å²) < 4.78 is 10.1. The lowest BCUT2D eigenvalue weighted by molar-refractivity contribution is 0.0943. The molecule has 0 aromatic heterocycles. The molecule has 0 saturated heterocycles. The van der Waals surface area contributed by atoms with Crippen LogP contribution in [0.1, 0.15) is 20.7 Å². The van der Waals surface area contributed by atoms with E-state index in [2.05, 4.69) is 21.7 Å². The van der Waals surface area contributed by atoms with Gasteiger partial charge in [-0.25, -0.2) is 0 Å². The molecule has 26 heavy (non-hydrogen) atoms. The number of carbonyl (C=O) groups excluding carboxylic acids is 2. The molecule has 4 N–H and O–H groups in total. The Morgan fingerprint density at radius 1 is 0.692 bits per heavy atom. The van der Waals surface area contributed by atoms with Crippen LogP contribution in [0.15, 0.2) is 48.5 Å². The zero-order valence-corrected chi connectivity index (χ0v) is 15.0. The number of rotatable bonds is 4. The Kier molecular flexibility index (Phi) is 6.75. The fraction of sp³-hybridized carbons (Fsp3) is 0.118. The molecule has 0 aliphatic heterocycles. The first kappa shape index (κ1) is 19.0. The van der Waals surface area contributed by atoms with E-state index in [9.17, 15) is 9.59 Å². The number of thiocarbonyl (C=S) groups is 1. The third-order valence-electron chi connectivity index (χ3n) is 3.28. The quantitative estimate of drug-likeness (QED) is 0.471. The molecular weight excluding hydrogens is 356 g/mol. The molecular formula is C17H18N4O4S. The maximum atomic E-state index is 12.0. The van der Waals surface area contributed by atoms with E-state index in [0.29, 0.717) is 22.6 Å². The van der Waals surface area contributed by atoms with Gasteiger partial charge in [-0.15, -0.1) is 0 Å². The Bertz CT molecular complexity index is 713. The van der Waals surface area contributed by atoms with E-state index in [0.717, 1.165) is 0 Å². The monoisotopic (exact) mass is 374 g/mol. The maximum absolute atomic E-state index is 12.0. The number of nitrogens with one attached hydrogen (secondary N) is 4. The predicted molar refractivity (Wildman–Crippen MR) is 99.8 cm³/mol. The highest BCUT2D eigenvalue weighted by molar-refractivity contribution is 7.80. The summed E-state index contributed by atoms with van der Waals surface area (Å²) in [7, 11) is 3.09. The fourth-order valence-corrected chi connectivity index (χ4v) is 1.99. The summed E-state index contributed by atoms with van der Waals surface area (Å²) in [6.07, 6.45) is 0.